The minimum Gasteiger partial charge on any atom is -0.481 e. The summed E-state index contributed by atoms with van der Waals surface area (Å²) in [4.78, 5) is 23.6. The average Bonchev–Trinajstić information content (AvgIpc) is 2.75. The number of hydrogen-bond donors (Lipinski definition) is 1. The lowest BCUT2D eigenvalue weighted by Gasteiger charge is -2.35. The molecular formula is C12H18N4O5. The maximum Gasteiger partial charge on any atom is 0.334 e. The molecule has 1 saturated heterocycles. The minimum atomic E-state index is -0.962. The minimum absolute atomic E-state index is 0.0442. The summed E-state index contributed by atoms with van der Waals surface area (Å²) < 4.78 is 6.76. The SMILES string of the molecule is CCc1nn(C)c(N2CCOCC2CC(=O)O)c1[N+](=O)[O-]. The van der Waals surface area contributed by atoms with Crippen LogP contribution in [0.3, 0.4) is 0 Å². The number of hydrogen-bond acceptors (Lipinski definition) is 6. The molecule has 0 spiro atoms. The van der Waals surface area contributed by atoms with Gasteiger partial charge in [-0.15, -0.1) is 0 Å². The highest BCUT2D eigenvalue weighted by molar-refractivity contribution is 5.70. The van der Waals surface area contributed by atoms with E-state index >= 15 is 0 Å². The molecule has 1 fully saturated rings. The van der Waals surface area contributed by atoms with Crippen molar-refractivity contribution in [1.82, 2.24) is 9.78 Å². The van der Waals surface area contributed by atoms with E-state index in [1.54, 1.807) is 18.9 Å². The first-order valence-electron chi connectivity index (χ1n) is 6.72. The van der Waals surface area contributed by atoms with Gasteiger partial charge in [-0.3, -0.25) is 14.9 Å². The van der Waals surface area contributed by atoms with Crippen molar-refractivity contribution in [1.29, 1.82) is 0 Å². The number of anilines is 1. The van der Waals surface area contributed by atoms with E-state index in [1.807, 2.05) is 0 Å². The average molecular weight is 298 g/mol. The number of nitro groups is 1. The van der Waals surface area contributed by atoms with E-state index in [4.69, 9.17) is 9.84 Å². The number of nitrogens with zero attached hydrogens (tertiary/aromatic N) is 4. The first-order valence-corrected chi connectivity index (χ1v) is 6.72. The molecular weight excluding hydrogens is 280 g/mol. The Morgan fingerprint density at radius 3 is 2.90 bits per heavy atom. The highest BCUT2D eigenvalue weighted by Crippen LogP contribution is 2.34. The molecule has 1 aromatic heterocycles. The lowest BCUT2D eigenvalue weighted by molar-refractivity contribution is -0.384. The van der Waals surface area contributed by atoms with Crippen molar-refractivity contribution in [2.24, 2.45) is 7.05 Å². The van der Waals surface area contributed by atoms with Gasteiger partial charge >= 0.3 is 11.7 Å². The number of morpholine rings is 1. The van der Waals surface area contributed by atoms with Gasteiger partial charge in [-0.05, 0) is 6.42 Å². The van der Waals surface area contributed by atoms with E-state index in [1.165, 1.54) is 4.68 Å². The number of carboxylic acid groups (broad SMARTS) is 1. The van der Waals surface area contributed by atoms with Gasteiger partial charge < -0.3 is 14.7 Å². The summed E-state index contributed by atoms with van der Waals surface area (Å²) in [6, 6.07) is -0.435. The van der Waals surface area contributed by atoms with Crippen LogP contribution in [-0.2, 0) is 23.0 Å². The zero-order chi connectivity index (χ0) is 15.6. The molecule has 9 nitrogen and oxygen atoms in total. The number of aryl methyl sites for hydroxylation is 2. The lowest BCUT2D eigenvalue weighted by atomic mass is 10.1. The van der Waals surface area contributed by atoms with Gasteiger partial charge in [-0.2, -0.15) is 5.10 Å². The molecule has 1 N–H and O–H groups in total. The predicted octanol–water partition coefficient (Wildman–Crippen LogP) is 0.571. The summed E-state index contributed by atoms with van der Waals surface area (Å²) in [5.74, 6) is -0.609. The van der Waals surface area contributed by atoms with Gasteiger partial charge in [0.2, 0.25) is 5.82 Å². The molecule has 0 bridgehead atoms. The van der Waals surface area contributed by atoms with Crippen molar-refractivity contribution in [2.45, 2.75) is 25.8 Å². The third-order valence-electron chi connectivity index (χ3n) is 3.49. The van der Waals surface area contributed by atoms with Gasteiger partial charge in [-0.1, -0.05) is 6.92 Å². The third kappa shape index (κ3) is 2.97. The van der Waals surface area contributed by atoms with Gasteiger partial charge in [0.1, 0.15) is 5.69 Å². The second-order valence-corrected chi connectivity index (χ2v) is 4.87. The van der Waals surface area contributed by atoms with Crippen LogP contribution in [0.1, 0.15) is 19.0 Å². The molecule has 0 aliphatic carbocycles. The van der Waals surface area contributed by atoms with Crippen molar-refractivity contribution in [3.63, 3.8) is 0 Å². The van der Waals surface area contributed by atoms with Crippen LogP contribution >= 0.6 is 0 Å². The first-order chi connectivity index (χ1) is 9.95. The number of rotatable bonds is 5. The summed E-state index contributed by atoms with van der Waals surface area (Å²) in [6.45, 7) is 2.84. The van der Waals surface area contributed by atoms with E-state index in [0.717, 1.165) is 0 Å². The molecule has 0 radical (unpaired) electrons. The fraction of sp³-hybridized carbons (Fsp3) is 0.667. The quantitative estimate of drug-likeness (QED) is 0.625. The fourth-order valence-corrected chi connectivity index (χ4v) is 2.61. The van der Waals surface area contributed by atoms with E-state index in [-0.39, 0.29) is 18.7 Å². The maximum atomic E-state index is 11.4. The smallest absolute Gasteiger partial charge is 0.334 e. The summed E-state index contributed by atoms with van der Waals surface area (Å²) in [5, 5.41) is 24.5. The van der Waals surface area contributed by atoms with Crippen molar-refractivity contribution < 1.29 is 19.6 Å². The van der Waals surface area contributed by atoms with Crippen LogP contribution in [-0.4, -0.2) is 51.6 Å². The molecule has 1 unspecified atom stereocenters. The van der Waals surface area contributed by atoms with Crippen LogP contribution in [0.4, 0.5) is 11.5 Å². The molecule has 2 rings (SSSR count). The van der Waals surface area contributed by atoms with Crippen LogP contribution in [0.25, 0.3) is 0 Å². The molecule has 1 atom stereocenters. The molecule has 0 saturated carbocycles. The Morgan fingerprint density at radius 2 is 2.33 bits per heavy atom. The molecule has 0 amide bonds. The van der Waals surface area contributed by atoms with Crippen LogP contribution in [0, 0.1) is 10.1 Å². The number of carbonyl (C=O) groups is 1. The predicted molar refractivity (Wildman–Crippen MR) is 73.4 cm³/mol. The van der Waals surface area contributed by atoms with Gasteiger partial charge in [-0.25, -0.2) is 4.68 Å². The fourth-order valence-electron chi connectivity index (χ4n) is 2.61. The zero-order valence-electron chi connectivity index (χ0n) is 12.0. The Labute approximate surface area is 121 Å². The molecule has 1 aliphatic rings. The summed E-state index contributed by atoms with van der Waals surface area (Å²) in [7, 11) is 1.63. The van der Waals surface area contributed by atoms with Crippen molar-refractivity contribution in [3.8, 4) is 0 Å². The molecule has 0 aromatic carbocycles. The number of carboxylic acids is 1. The van der Waals surface area contributed by atoms with E-state index < -0.39 is 16.9 Å². The van der Waals surface area contributed by atoms with Gasteiger partial charge in [0.25, 0.3) is 0 Å². The van der Waals surface area contributed by atoms with Crippen LogP contribution in [0.15, 0.2) is 0 Å². The van der Waals surface area contributed by atoms with Gasteiger partial charge in [0.15, 0.2) is 0 Å². The van der Waals surface area contributed by atoms with Crippen LogP contribution in [0.2, 0.25) is 0 Å². The Morgan fingerprint density at radius 1 is 1.62 bits per heavy atom. The monoisotopic (exact) mass is 298 g/mol. The standard InChI is InChI=1S/C12H18N4O5/c1-3-9-11(16(19)20)12(14(2)13-9)15-4-5-21-7-8(15)6-10(17)18/h8H,3-7H2,1-2H3,(H,17,18). The summed E-state index contributed by atoms with van der Waals surface area (Å²) in [6.07, 6.45) is 0.307. The Hall–Kier alpha value is -2.16. The Balaban J connectivity index is 2.44. The normalized spacial score (nSPS) is 18.8. The Bertz CT molecular complexity index is 556. The van der Waals surface area contributed by atoms with Crippen molar-refractivity contribution in [2.75, 3.05) is 24.7 Å². The van der Waals surface area contributed by atoms with Crippen molar-refractivity contribution >= 4 is 17.5 Å². The highest BCUT2D eigenvalue weighted by atomic mass is 16.6. The zero-order valence-corrected chi connectivity index (χ0v) is 12.0. The number of aromatic nitrogens is 2. The van der Waals surface area contributed by atoms with Gasteiger partial charge in [0, 0.05) is 13.6 Å². The molecule has 21 heavy (non-hydrogen) atoms. The molecule has 116 valence electrons. The van der Waals surface area contributed by atoms with E-state index in [0.29, 0.717) is 31.1 Å². The van der Waals surface area contributed by atoms with E-state index in [2.05, 4.69) is 5.10 Å². The number of aliphatic carboxylic acids is 1. The van der Waals surface area contributed by atoms with Crippen LogP contribution < -0.4 is 4.90 Å². The first kappa shape index (κ1) is 15.2. The molecule has 2 heterocycles. The van der Waals surface area contributed by atoms with E-state index in [9.17, 15) is 14.9 Å². The highest BCUT2D eigenvalue weighted by Gasteiger charge is 2.35. The largest absolute Gasteiger partial charge is 0.481 e. The second kappa shape index (κ2) is 6.08. The summed E-state index contributed by atoms with van der Waals surface area (Å²) >= 11 is 0. The Kier molecular flexibility index (Phi) is 4.41. The lowest BCUT2D eigenvalue weighted by Crippen LogP contribution is -2.47. The summed E-state index contributed by atoms with van der Waals surface area (Å²) in [5.41, 5.74) is 0.357. The van der Waals surface area contributed by atoms with Gasteiger partial charge in [0.05, 0.1) is 30.6 Å². The van der Waals surface area contributed by atoms with Crippen molar-refractivity contribution in [3.05, 3.63) is 15.8 Å². The maximum absolute atomic E-state index is 11.4. The second-order valence-electron chi connectivity index (χ2n) is 4.87. The number of ether oxygens (including phenoxy) is 1. The topological polar surface area (TPSA) is 111 Å². The molecule has 1 aliphatic heterocycles. The third-order valence-corrected chi connectivity index (χ3v) is 3.49. The molecule has 9 heteroatoms. The van der Waals surface area contributed by atoms with Crippen LogP contribution in [0.5, 0.6) is 0 Å². The molecule has 1 aromatic rings.